The number of rotatable bonds is 15. The van der Waals surface area contributed by atoms with Gasteiger partial charge < -0.3 is 63.7 Å². The van der Waals surface area contributed by atoms with Crippen molar-refractivity contribution in [2.75, 3.05) is 47.4 Å². The van der Waals surface area contributed by atoms with Crippen molar-refractivity contribution in [1.82, 2.24) is 14.8 Å². The summed E-state index contributed by atoms with van der Waals surface area (Å²) in [6.07, 6.45) is -6.67. The molecule has 63 heavy (non-hydrogen) atoms. The van der Waals surface area contributed by atoms with Crippen LogP contribution in [-0.4, -0.2) is 178 Å². The fraction of sp³-hybridized carbons (Fsp3) is 0.889. The van der Waals surface area contributed by atoms with Crippen molar-refractivity contribution >= 4 is 23.0 Å². The normalized spacial score (nSPS) is 42.0. The number of oxime groups is 1. The average Bonchev–Trinajstić information content (AvgIpc) is 3.74. The van der Waals surface area contributed by atoms with E-state index in [1.165, 1.54) is 14.0 Å². The Bertz CT molecular complexity index is 1570. The second kappa shape index (κ2) is 23.2. The lowest BCUT2D eigenvalue weighted by molar-refractivity contribution is -0.314. The van der Waals surface area contributed by atoms with Crippen LogP contribution in [0.25, 0.3) is 0 Å². The van der Waals surface area contributed by atoms with Crippen molar-refractivity contribution in [3.05, 3.63) is 16.6 Å². The number of aliphatic hydroxyl groups is 5. The highest BCUT2D eigenvalue weighted by molar-refractivity contribution is 7.09. The SMILES string of the molecule is CC[C@H]1OC(=O)[C@H](C)[C@@H](O[C@H]2C[C@@](C)(OC)[C@H](O)[C@H](C)O2)[C@H](C)[C@H](O[C@@H]2O[C@H](C)CC[C@@H]2O)C(C)(O)C[C@@H](C)/C(=N\OCCN(C)CCN(C)Cc2nccs2)[C@H](C)[C@H](O)[C@]1(C)O. The number of aromatic nitrogens is 1. The molecular formula is C45H80N4O13S. The lowest BCUT2D eigenvalue weighted by Crippen LogP contribution is -2.60. The molecule has 1 unspecified atom stereocenters. The van der Waals surface area contributed by atoms with Gasteiger partial charge in [0, 0.05) is 62.5 Å². The minimum atomic E-state index is -1.95. The van der Waals surface area contributed by atoms with Crippen LogP contribution in [0.15, 0.2) is 16.7 Å². The van der Waals surface area contributed by atoms with E-state index in [4.69, 9.17) is 33.3 Å². The lowest BCUT2D eigenvalue weighted by Gasteiger charge is -2.48. The van der Waals surface area contributed by atoms with Crippen molar-refractivity contribution in [3.63, 3.8) is 0 Å². The van der Waals surface area contributed by atoms with Gasteiger partial charge in [0.15, 0.2) is 12.6 Å². The molecule has 0 spiro atoms. The van der Waals surface area contributed by atoms with Crippen molar-refractivity contribution in [2.24, 2.45) is 28.8 Å². The van der Waals surface area contributed by atoms with Crippen LogP contribution < -0.4 is 0 Å². The van der Waals surface area contributed by atoms with Crippen LogP contribution in [0.2, 0.25) is 0 Å². The maximum Gasteiger partial charge on any atom is 0.311 e. The minimum absolute atomic E-state index is 0.0146. The molecule has 3 aliphatic rings. The smallest absolute Gasteiger partial charge is 0.311 e. The van der Waals surface area contributed by atoms with Crippen molar-refractivity contribution < 1.29 is 63.6 Å². The van der Waals surface area contributed by atoms with Crippen LogP contribution in [0.5, 0.6) is 0 Å². The fourth-order valence-electron chi connectivity index (χ4n) is 9.40. The predicted molar refractivity (Wildman–Crippen MR) is 238 cm³/mol. The first-order chi connectivity index (χ1) is 29.4. The molecular weight excluding hydrogens is 837 g/mol. The third-order valence-electron chi connectivity index (χ3n) is 13.6. The largest absolute Gasteiger partial charge is 0.459 e. The Kier molecular flexibility index (Phi) is 19.8. The van der Waals surface area contributed by atoms with Crippen LogP contribution >= 0.6 is 11.3 Å². The molecule has 0 amide bonds. The highest BCUT2D eigenvalue weighted by Crippen LogP contribution is 2.41. The second-order valence-corrected chi connectivity index (χ2v) is 20.3. The van der Waals surface area contributed by atoms with E-state index < -0.39 is 102 Å². The first-order valence-electron chi connectivity index (χ1n) is 22.8. The van der Waals surface area contributed by atoms with Gasteiger partial charge in [-0.2, -0.15) is 0 Å². The Hall–Kier alpha value is -1.91. The highest BCUT2D eigenvalue weighted by atomic mass is 32.1. The number of cyclic esters (lactones) is 1. The zero-order valence-electron chi connectivity index (χ0n) is 40.0. The van der Waals surface area contributed by atoms with Gasteiger partial charge in [-0.1, -0.05) is 32.9 Å². The van der Waals surface area contributed by atoms with Crippen LogP contribution in [0, 0.1) is 23.7 Å². The third kappa shape index (κ3) is 13.8. The van der Waals surface area contributed by atoms with Gasteiger partial charge in [0.1, 0.15) is 35.5 Å². The number of esters is 1. The summed E-state index contributed by atoms with van der Waals surface area (Å²) in [6, 6.07) is 0. The zero-order chi connectivity index (χ0) is 47.0. The number of ether oxygens (including phenoxy) is 6. The van der Waals surface area contributed by atoms with Crippen molar-refractivity contribution in [1.29, 1.82) is 0 Å². The number of likely N-dealkylation sites (N-methyl/N-ethyl adjacent to an activating group) is 2. The first-order valence-corrected chi connectivity index (χ1v) is 23.6. The Morgan fingerprint density at radius 1 is 0.921 bits per heavy atom. The number of aliphatic hydroxyl groups excluding tert-OH is 3. The van der Waals surface area contributed by atoms with Crippen LogP contribution in [0.1, 0.15) is 106 Å². The van der Waals surface area contributed by atoms with Crippen molar-refractivity contribution in [2.45, 2.75) is 186 Å². The second-order valence-electron chi connectivity index (χ2n) is 19.3. The van der Waals surface area contributed by atoms with E-state index in [9.17, 15) is 30.3 Å². The summed E-state index contributed by atoms with van der Waals surface area (Å²) in [7, 11) is 5.55. The molecule has 364 valence electrons. The molecule has 0 saturated carbocycles. The van der Waals surface area contributed by atoms with Gasteiger partial charge in [-0.05, 0) is 81.3 Å². The van der Waals surface area contributed by atoms with Gasteiger partial charge in [-0.15, -0.1) is 11.3 Å². The van der Waals surface area contributed by atoms with E-state index >= 15 is 0 Å². The van der Waals surface area contributed by atoms with Gasteiger partial charge in [0.25, 0.3) is 0 Å². The van der Waals surface area contributed by atoms with Crippen LogP contribution in [0.4, 0.5) is 0 Å². The number of nitrogens with zero attached hydrogens (tertiary/aromatic N) is 4. The number of hydrogen-bond acceptors (Lipinski definition) is 18. The maximum absolute atomic E-state index is 14.4. The standard InChI is InChI=1S/C45H80N4O13S/c1-14-33-45(10,55)38(51)28(4)36(47-57-21-20-48(11)18-19-49(12)25-34-46-17-22-63-34)26(2)23-43(8,54)40(62-42-32(50)16-15-27(3)58-42)29(5)37(30(6)41(53)60-33)61-35-24-44(9,56-13)39(52)31(7)59-35/h17,22,26-33,35,37-40,42,50-52,54-55H,14-16,18-21,23-25H2,1-13H3/b47-36+/t26-,27-,28+,29+,30-,31+,32+,33-,35+,37+,38+,39-,40+,42+,43?,44-,45-/m1/s1. The summed E-state index contributed by atoms with van der Waals surface area (Å²) in [5.41, 5.74) is -4.34. The Morgan fingerprint density at radius 2 is 1.60 bits per heavy atom. The molecule has 5 N–H and O–H groups in total. The number of carbonyl (C=O) groups excluding carboxylic acids is 1. The molecule has 17 nitrogen and oxygen atoms in total. The molecule has 1 aromatic rings. The first kappa shape index (κ1) is 53.7. The minimum Gasteiger partial charge on any atom is -0.459 e. The molecule has 3 aliphatic heterocycles. The van der Waals surface area contributed by atoms with E-state index in [1.54, 1.807) is 66.0 Å². The molecule has 4 heterocycles. The van der Waals surface area contributed by atoms with Gasteiger partial charge in [-0.25, -0.2) is 4.98 Å². The molecule has 0 radical (unpaired) electrons. The molecule has 3 fully saturated rings. The maximum atomic E-state index is 14.4. The molecule has 4 rings (SSSR count). The lowest BCUT2D eigenvalue weighted by atomic mass is 9.73. The topological polar surface area (TPSA) is 215 Å². The molecule has 18 heteroatoms. The quantitative estimate of drug-likeness (QED) is 0.0967. The zero-order valence-corrected chi connectivity index (χ0v) is 40.8. The number of carbonyl (C=O) groups is 1. The summed E-state index contributed by atoms with van der Waals surface area (Å²) in [5, 5.41) is 66.6. The van der Waals surface area contributed by atoms with Gasteiger partial charge in [0.2, 0.25) is 0 Å². The number of thiazole rings is 1. The number of methoxy groups -OCH3 is 1. The van der Waals surface area contributed by atoms with E-state index in [-0.39, 0.29) is 32.0 Å². The molecule has 0 aliphatic carbocycles. The molecule has 3 saturated heterocycles. The Morgan fingerprint density at radius 3 is 2.24 bits per heavy atom. The summed E-state index contributed by atoms with van der Waals surface area (Å²) >= 11 is 1.63. The summed E-state index contributed by atoms with van der Waals surface area (Å²) in [6.45, 7) is 20.3. The monoisotopic (exact) mass is 917 g/mol. The highest BCUT2D eigenvalue weighted by Gasteiger charge is 2.53. The molecule has 17 atom stereocenters. The van der Waals surface area contributed by atoms with E-state index in [2.05, 4.69) is 27.0 Å². The van der Waals surface area contributed by atoms with E-state index in [1.807, 2.05) is 26.3 Å². The Labute approximate surface area is 379 Å². The van der Waals surface area contributed by atoms with Crippen LogP contribution in [-0.2, 0) is 44.6 Å². The van der Waals surface area contributed by atoms with Gasteiger partial charge in [-0.3, -0.25) is 9.69 Å². The number of hydrogen-bond donors (Lipinski definition) is 5. The Balaban J connectivity index is 1.70. The van der Waals surface area contributed by atoms with E-state index in [0.29, 0.717) is 25.1 Å². The van der Waals surface area contributed by atoms with Gasteiger partial charge in [0.05, 0.1) is 59.9 Å². The van der Waals surface area contributed by atoms with E-state index in [0.717, 1.165) is 24.6 Å². The fourth-order valence-corrected chi connectivity index (χ4v) is 10.1. The predicted octanol–water partition coefficient (Wildman–Crippen LogP) is 3.57. The van der Waals surface area contributed by atoms with Crippen molar-refractivity contribution in [3.8, 4) is 0 Å². The molecule has 0 aromatic carbocycles. The third-order valence-corrected chi connectivity index (χ3v) is 14.4. The van der Waals surface area contributed by atoms with Gasteiger partial charge >= 0.3 is 5.97 Å². The molecule has 1 aromatic heterocycles. The molecule has 0 bridgehead atoms. The van der Waals surface area contributed by atoms with Crippen LogP contribution in [0.3, 0.4) is 0 Å². The summed E-state index contributed by atoms with van der Waals surface area (Å²) in [4.78, 5) is 29.0. The average molecular weight is 917 g/mol. The summed E-state index contributed by atoms with van der Waals surface area (Å²) in [5.74, 6) is -3.97. The summed E-state index contributed by atoms with van der Waals surface area (Å²) < 4.78 is 37.5.